The molecular formula is C31H35F3N2O6S. The van der Waals surface area contributed by atoms with Gasteiger partial charge in [0.15, 0.2) is 6.10 Å². The van der Waals surface area contributed by atoms with Crippen molar-refractivity contribution in [2.45, 2.75) is 38.0 Å². The maximum atomic E-state index is 13.1. The normalized spacial score (nSPS) is 11.9. The Morgan fingerprint density at radius 1 is 0.930 bits per heavy atom. The predicted molar refractivity (Wildman–Crippen MR) is 160 cm³/mol. The fourth-order valence-electron chi connectivity index (χ4n) is 4.01. The second kappa shape index (κ2) is 17.3. The van der Waals surface area contributed by atoms with E-state index in [0.29, 0.717) is 24.6 Å². The zero-order valence-corrected chi connectivity index (χ0v) is 24.5. The van der Waals surface area contributed by atoms with Gasteiger partial charge in [0.1, 0.15) is 18.1 Å². The average Bonchev–Trinajstić information content (AvgIpc) is 2.97. The highest BCUT2D eigenvalue weighted by Crippen LogP contribution is 2.24. The predicted octanol–water partition coefficient (Wildman–Crippen LogP) is 6.85. The average molecular weight is 621 g/mol. The first-order valence-electron chi connectivity index (χ1n) is 13.7. The van der Waals surface area contributed by atoms with E-state index in [1.807, 2.05) is 18.2 Å². The van der Waals surface area contributed by atoms with Crippen molar-refractivity contribution in [2.24, 2.45) is 0 Å². The number of nitrogens with zero attached hydrogens (tertiary/aromatic N) is 1. The summed E-state index contributed by atoms with van der Waals surface area (Å²) in [5.74, 6) is 0.837. The Kier molecular flexibility index (Phi) is 13.5. The number of anilines is 1. The lowest BCUT2D eigenvalue weighted by molar-refractivity contribution is -0.274. The van der Waals surface area contributed by atoms with Crippen LogP contribution in [0, 0.1) is 0 Å². The number of benzene rings is 3. The largest absolute Gasteiger partial charge is 0.573 e. The first-order chi connectivity index (χ1) is 20.6. The minimum absolute atomic E-state index is 0.193. The molecule has 0 saturated heterocycles. The van der Waals surface area contributed by atoms with Crippen molar-refractivity contribution in [3.8, 4) is 11.5 Å². The number of halogens is 3. The monoisotopic (exact) mass is 620 g/mol. The molecule has 2 amide bonds. The summed E-state index contributed by atoms with van der Waals surface area (Å²) in [6.45, 7) is 2.94. The van der Waals surface area contributed by atoms with Gasteiger partial charge < -0.3 is 29.5 Å². The van der Waals surface area contributed by atoms with Crippen molar-refractivity contribution in [1.29, 1.82) is 0 Å². The van der Waals surface area contributed by atoms with Crippen LogP contribution in [0.25, 0.3) is 0 Å². The number of hydrogen-bond donors (Lipinski definition) is 2. The molecule has 0 heterocycles. The fourth-order valence-corrected chi connectivity index (χ4v) is 4.91. The highest BCUT2D eigenvalue weighted by atomic mass is 32.2. The molecule has 0 saturated carbocycles. The molecule has 0 fully saturated rings. The number of hydrogen-bond acceptors (Lipinski definition) is 6. The van der Waals surface area contributed by atoms with Gasteiger partial charge in [0.25, 0.3) is 0 Å². The summed E-state index contributed by atoms with van der Waals surface area (Å²) < 4.78 is 52.4. The van der Waals surface area contributed by atoms with E-state index in [1.54, 1.807) is 47.9 Å². The number of amides is 2. The molecular weight excluding hydrogens is 585 g/mol. The minimum atomic E-state index is -4.80. The molecule has 8 nitrogen and oxygen atoms in total. The van der Waals surface area contributed by atoms with E-state index in [0.717, 1.165) is 35.6 Å². The van der Waals surface area contributed by atoms with E-state index in [9.17, 15) is 27.9 Å². The Morgan fingerprint density at radius 3 is 2.23 bits per heavy atom. The number of carbonyl (C=O) groups excluding carboxylic acids is 1. The van der Waals surface area contributed by atoms with Crippen molar-refractivity contribution < 1.29 is 42.1 Å². The molecule has 0 radical (unpaired) electrons. The number of carbonyl (C=O) groups is 2. The summed E-state index contributed by atoms with van der Waals surface area (Å²) in [5, 5.41) is 12.0. The van der Waals surface area contributed by atoms with E-state index in [-0.39, 0.29) is 25.3 Å². The fraction of sp³-hybridized carbons (Fsp3) is 0.355. The molecule has 12 heteroatoms. The zero-order chi connectivity index (χ0) is 31.1. The SMILES string of the molecule is CCOC(Cc1ccc(OCCN(CCCSCc2ccccc2)C(=O)Nc2ccc(OC(F)(F)F)cc2)cc1)C(=O)O. The zero-order valence-electron chi connectivity index (χ0n) is 23.7. The summed E-state index contributed by atoms with van der Waals surface area (Å²) >= 11 is 1.76. The van der Waals surface area contributed by atoms with Gasteiger partial charge in [0.05, 0.1) is 6.54 Å². The van der Waals surface area contributed by atoms with Crippen LogP contribution < -0.4 is 14.8 Å². The third-order valence-electron chi connectivity index (χ3n) is 6.07. The molecule has 0 aliphatic rings. The molecule has 0 aliphatic carbocycles. The first kappa shape index (κ1) is 33.6. The van der Waals surface area contributed by atoms with Gasteiger partial charge in [0, 0.05) is 31.0 Å². The van der Waals surface area contributed by atoms with E-state index in [2.05, 4.69) is 22.2 Å². The van der Waals surface area contributed by atoms with Crippen LogP contribution in [0.4, 0.5) is 23.7 Å². The Morgan fingerprint density at radius 2 is 1.60 bits per heavy atom. The Labute approximate surface area is 253 Å². The van der Waals surface area contributed by atoms with E-state index in [1.165, 1.54) is 17.7 Å². The number of aliphatic carboxylic acids is 1. The second-order valence-corrected chi connectivity index (χ2v) is 10.5. The van der Waals surface area contributed by atoms with Crippen LogP contribution in [0.3, 0.4) is 0 Å². The molecule has 0 spiro atoms. The molecule has 3 aromatic rings. The van der Waals surface area contributed by atoms with Crippen molar-refractivity contribution in [1.82, 2.24) is 4.90 Å². The van der Waals surface area contributed by atoms with Crippen molar-refractivity contribution in [2.75, 3.05) is 37.4 Å². The summed E-state index contributed by atoms with van der Waals surface area (Å²) in [4.78, 5) is 26.0. The number of urea groups is 1. The van der Waals surface area contributed by atoms with E-state index in [4.69, 9.17) is 9.47 Å². The summed E-state index contributed by atoms with van der Waals surface area (Å²) in [6.07, 6.45) is -4.78. The number of alkyl halides is 3. The molecule has 3 rings (SSSR count). The highest BCUT2D eigenvalue weighted by molar-refractivity contribution is 7.98. The number of thioether (sulfide) groups is 1. The van der Waals surface area contributed by atoms with Gasteiger partial charge in [-0.3, -0.25) is 0 Å². The van der Waals surface area contributed by atoms with Gasteiger partial charge in [-0.25, -0.2) is 9.59 Å². The van der Waals surface area contributed by atoms with Gasteiger partial charge in [-0.15, -0.1) is 13.2 Å². The standard InChI is InChI=1S/C31H35F3N2O6S/c1-2-40-28(29(37)38)21-23-9-13-26(14-10-23)41-19-18-36(17-6-20-43-22-24-7-4-3-5-8-24)30(39)35-25-11-15-27(16-12-25)42-31(32,33)34/h3-5,7-16,28H,2,6,17-22H2,1H3,(H,35,39)(H,37,38). The molecule has 0 bridgehead atoms. The summed E-state index contributed by atoms with van der Waals surface area (Å²) in [7, 11) is 0. The number of nitrogens with one attached hydrogen (secondary N) is 1. The lowest BCUT2D eigenvalue weighted by Gasteiger charge is -2.23. The topological polar surface area (TPSA) is 97.3 Å². The Hall–Kier alpha value is -3.90. The van der Waals surface area contributed by atoms with Crippen LogP contribution in [0.1, 0.15) is 24.5 Å². The van der Waals surface area contributed by atoms with Gasteiger partial charge >= 0.3 is 18.4 Å². The third-order valence-corrected chi connectivity index (χ3v) is 7.19. The maximum Gasteiger partial charge on any atom is 0.573 e. The Bertz CT molecular complexity index is 1260. The smallest absolute Gasteiger partial charge is 0.492 e. The van der Waals surface area contributed by atoms with Crippen LogP contribution in [0.15, 0.2) is 78.9 Å². The van der Waals surface area contributed by atoms with Crippen LogP contribution in [-0.2, 0) is 21.7 Å². The number of rotatable bonds is 17. The Balaban J connectivity index is 1.54. The van der Waals surface area contributed by atoms with Crippen LogP contribution >= 0.6 is 11.8 Å². The molecule has 2 N–H and O–H groups in total. The number of carboxylic acids is 1. The molecule has 3 aromatic carbocycles. The molecule has 43 heavy (non-hydrogen) atoms. The minimum Gasteiger partial charge on any atom is -0.492 e. The van der Waals surface area contributed by atoms with Gasteiger partial charge in [-0.2, -0.15) is 11.8 Å². The van der Waals surface area contributed by atoms with E-state index < -0.39 is 24.5 Å². The number of ether oxygens (including phenoxy) is 3. The van der Waals surface area contributed by atoms with Crippen molar-refractivity contribution in [3.05, 3.63) is 90.0 Å². The summed E-state index contributed by atoms with van der Waals surface area (Å²) in [5.41, 5.74) is 2.33. The molecule has 232 valence electrons. The van der Waals surface area contributed by atoms with E-state index >= 15 is 0 Å². The van der Waals surface area contributed by atoms with Crippen molar-refractivity contribution >= 4 is 29.4 Å². The highest BCUT2D eigenvalue weighted by Gasteiger charge is 2.31. The summed E-state index contributed by atoms with van der Waals surface area (Å²) in [6, 6.07) is 21.6. The van der Waals surface area contributed by atoms with Crippen LogP contribution in [0.5, 0.6) is 11.5 Å². The lowest BCUT2D eigenvalue weighted by Crippen LogP contribution is -2.38. The van der Waals surface area contributed by atoms with Crippen LogP contribution in [-0.4, -0.2) is 66.5 Å². The van der Waals surface area contributed by atoms with Crippen LogP contribution in [0.2, 0.25) is 0 Å². The maximum absolute atomic E-state index is 13.1. The second-order valence-electron chi connectivity index (χ2n) is 9.36. The quantitative estimate of drug-likeness (QED) is 0.159. The first-order valence-corrected chi connectivity index (χ1v) is 14.9. The molecule has 1 unspecified atom stereocenters. The number of carboxylic acid groups (broad SMARTS) is 1. The van der Waals surface area contributed by atoms with Gasteiger partial charge in [-0.05, 0) is 66.6 Å². The molecule has 0 aliphatic heterocycles. The third kappa shape index (κ3) is 12.9. The van der Waals surface area contributed by atoms with Gasteiger partial charge in [-0.1, -0.05) is 42.5 Å². The lowest BCUT2D eigenvalue weighted by atomic mass is 10.1. The van der Waals surface area contributed by atoms with Crippen molar-refractivity contribution in [3.63, 3.8) is 0 Å². The van der Waals surface area contributed by atoms with Gasteiger partial charge in [0.2, 0.25) is 0 Å². The molecule has 1 atom stereocenters. The molecule has 0 aromatic heterocycles.